The highest BCUT2D eigenvalue weighted by Gasteiger charge is 2.36. The molecule has 0 saturated heterocycles. The van der Waals surface area contributed by atoms with Crippen LogP contribution in [0.3, 0.4) is 0 Å². The van der Waals surface area contributed by atoms with E-state index in [1.54, 1.807) is 37.4 Å². The topological polar surface area (TPSA) is 54.8 Å². The molecule has 0 atom stereocenters. The zero-order valence-corrected chi connectivity index (χ0v) is 13.4. The van der Waals surface area contributed by atoms with E-state index in [0.29, 0.717) is 36.5 Å². The molecule has 0 bridgehead atoms. The van der Waals surface area contributed by atoms with Gasteiger partial charge in [0.15, 0.2) is 0 Å². The fourth-order valence-corrected chi connectivity index (χ4v) is 3.01. The van der Waals surface area contributed by atoms with Crippen molar-refractivity contribution in [1.29, 1.82) is 0 Å². The highest BCUT2D eigenvalue weighted by atomic mass is 19.4. The summed E-state index contributed by atoms with van der Waals surface area (Å²) in [6.45, 7) is 2.75. The maximum Gasteiger partial charge on any atom is 0.451 e. The normalized spacial score (nSPS) is 14.6. The molecule has 0 N–H and O–H groups in total. The lowest BCUT2D eigenvalue weighted by Crippen LogP contribution is -2.33. The minimum atomic E-state index is -4.59. The Morgan fingerprint density at radius 3 is 2.68 bits per heavy atom. The maximum atomic E-state index is 13.2. The summed E-state index contributed by atoms with van der Waals surface area (Å²) in [5.74, 6) is -0.185. The Kier molecular flexibility index (Phi) is 3.55. The second kappa shape index (κ2) is 5.65. The number of hydrogen-bond donors (Lipinski definition) is 0. The Bertz CT molecular complexity index is 955. The van der Waals surface area contributed by atoms with Crippen molar-refractivity contribution in [3.63, 3.8) is 0 Å². The van der Waals surface area contributed by atoms with E-state index in [4.69, 9.17) is 0 Å². The zero-order valence-electron chi connectivity index (χ0n) is 13.4. The molecule has 5 nitrogen and oxygen atoms in total. The van der Waals surface area contributed by atoms with Gasteiger partial charge in [0.25, 0.3) is 0 Å². The first-order valence-electron chi connectivity index (χ1n) is 7.82. The molecule has 2 aromatic heterocycles. The van der Waals surface area contributed by atoms with Gasteiger partial charge in [0.1, 0.15) is 11.6 Å². The predicted octanol–water partition coefficient (Wildman–Crippen LogP) is 3.31. The van der Waals surface area contributed by atoms with E-state index in [1.165, 1.54) is 0 Å². The van der Waals surface area contributed by atoms with Crippen molar-refractivity contribution in [2.75, 3.05) is 11.4 Å². The van der Waals surface area contributed by atoms with E-state index in [9.17, 15) is 13.2 Å². The number of aromatic nitrogens is 4. The van der Waals surface area contributed by atoms with Crippen LogP contribution in [0.15, 0.2) is 30.5 Å². The second-order valence-corrected chi connectivity index (χ2v) is 5.95. The third-order valence-electron chi connectivity index (χ3n) is 4.20. The van der Waals surface area contributed by atoms with Crippen LogP contribution in [-0.2, 0) is 19.1 Å². The number of para-hydroxylation sites is 1. The van der Waals surface area contributed by atoms with E-state index in [1.807, 2.05) is 4.90 Å². The van der Waals surface area contributed by atoms with E-state index in [-0.39, 0.29) is 5.52 Å². The van der Waals surface area contributed by atoms with Crippen molar-refractivity contribution < 1.29 is 13.2 Å². The van der Waals surface area contributed by atoms with Crippen LogP contribution >= 0.6 is 0 Å². The SMILES string of the molecule is Cc1ncc2c(n1)CN(c1nc(C(F)(F)F)nc3ccccc13)CC2. The number of hydrogen-bond acceptors (Lipinski definition) is 5. The van der Waals surface area contributed by atoms with Crippen molar-refractivity contribution >= 4 is 16.7 Å². The van der Waals surface area contributed by atoms with Gasteiger partial charge in [-0.2, -0.15) is 13.2 Å². The second-order valence-electron chi connectivity index (χ2n) is 5.95. The van der Waals surface area contributed by atoms with Gasteiger partial charge in [-0.05, 0) is 31.0 Å². The molecule has 0 saturated carbocycles. The zero-order chi connectivity index (χ0) is 17.6. The summed E-state index contributed by atoms with van der Waals surface area (Å²) in [5, 5.41) is 0.602. The number of alkyl halides is 3. The molecule has 1 aromatic carbocycles. The van der Waals surface area contributed by atoms with Gasteiger partial charge >= 0.3 is 6.18 Å². The molecular formula is C17H14F3N5. The molecule has 25 heavy (non-hydrogen) atoms. The van der Waals surface area contributed by atoms with Crippen molar-refractivity contribution in [3.8, 4) is 0 Å². The maximum absolute atomic E-state index is 13.2. The van der Waals surface area contributed by atoms with Crippen LogP contribution in [0, 0.1) is 6.92 Å². The van der Waals surface area contributed by atoms with Gasteiger partial charge in [0.2, 0.25) is 5.82 Å². The Balaban J connectivity index is 1.83. The van der Waals surface area contributed by atoms with Crippen molar-refractivity contribution in [1.82, 2.24) is 19.9 Å². The van der Waals surface area contributed by atoms with Crippen LogP contribution in [-0.4, -0.2) is 26.5 Å². The van der Waals surface area contributed by atoms with E-state index in [0.717, 1.165) is 11.3 Å². The molecule has 3 heterocycles. The number of nitrogens with zero attached hydrogens (tertiary/aromatic N) is 5. The van der Waals surface area contributed by atoms with Gasteiger partial charge in [0, 0.05) is 18.1 Å². The summed E-state index contributed by atoms with van der Waals surface area (Å²) in [6.07, 6.45) is -2.14. The minimum Gasteiger partial charge on any atom is -0.350 e. The van der Waals surface area contributed by atoms with Gasteiger partial charge in [-0.3, -0.25) is 0 Å². The Hall–Kier alpha value is -2.77. The number of aryl methyl sites for hydroxylation is 1. The molecule has 0 amide bonds. The standard InChI is InChI=1S/C17H14F3N5/c1-10-21-8-11-6-7-25(9-14(11)22-10)15-12-4-2-3-5-13(12)23-16(24-15)17(18,19)20/h2-5,8H,6-7,9H2,1H3. The highest BCUT2D eigenvalue weighted by molar-refractivity contribution is 5.89. The number of anilines is 1. The molecule has 8 heteroatoms. The molecule has 0 spiro atoms. The lowest BCUT2D eigenvalue weighted by molar-refractivity contribution is -0.144. The molecule has 3 aromatic rings. The van der Waals surface area contributed by atoms with Crippen LogP contribution in [0.2, 0.25) is 0 Å². The lowest BCUT2D eigenvalue weighted by atomic mass is 10.1. The van der Waals surface area contributed by atoms with E-state index in [2.05, 4.69) is 19.9 Å². The summed E-state index contributed by atoms with van der Waals surface area (Å²) in [6, 6.07) is 6.75. The highest BCUT2D eigenvalue weighted by Crippen LogP contribution is 2.33. The predicted molar refractivity (Wildman–Crippen MR) is 86.1 cm³/mol. The average Bonchev–Trinajstić information content (AvgIpc) is 2.59. The number of fused-ring (bicyclic) bond motifs is 2. The van der Waals surface area contributed by atoms with Gasteiger partial charge in [-0.15, -0.1) is 0 Å². The van der Waals surface area contributed by atoms with Crippen LogP contribution in [0.4, 0.5) is 19.0 Å². The summed E-state index contributed by atoms with van der Waals surface area (Å²) < 4.78 is 39.6. The number of rotatable bonds is 1. The molecule has 0 radical (unpaired) electrons. The molecule has 1 aliphatic heterocycles. The number of benzene rings is 1. The van der Waals surface area contributed by atoms with Crippen molar-refractivity contribution in [3.05, 3.63) is 53.4 Å². The van der Waals surface area contributed by atoms with Crippen molar-refractivity contribution in [2.45, 2.75) is 26.1 Å². The van der Waals surface area contributed by atoms with Crippen LogP contribution in [0.5, 0.6) is 0 Å². The molecule has 0 fully saturated rings. The third-order valence-corrected chi connectivity index (χ3v) is 4.20. The van der Waals surface area contributed by atoms with Crippen LogP contribution in [0.25, 0.3) is 10.9 Å². The molecule has 4 rings (SSSR count). The average molecular weight is 345 g/mol. The van der Waals surface area contributed by atoms with Gasteiger partial charge in [-0.1, -0.05) is 12.1 Å². The van der Waals surface area contributed by atoms with Gasteiger partial charge < -0.3 is 4.90 Å². The Morgan fingerprint density at radius 2 is 1.88 bits per heavy atom. The monoisotopic (exact) mass is 345 g/mol. The summed E-state index contributed by atoms with van der Waals surface area (Å²) in [7, 11) is 0. The Labute approximate surface area is 141 Å². The fourth-order valence-electron chi connectivity index (χ4n) is 3.01. The first kappa shape index (κ1) is 15.7. The fraction of sp³-hybridized carbons (Fsp3) is 0.294. The van der Waals surface area contributed by atoms with E-state index >= 15 is 0 Å². The molecular weight excluding hydrogens is 331 g/mol. The third kappa shape index (κ3) is 2.88. The lowest BCUT2D eigenvalue weighted by Gasteiger charge is -2.30. The molecule has 1 aliphatic rings. The van der Waals surface area contributed by atoms with Crippen LogP contribution < -0.4 is 4.90 Å². The quantitative estimate of drug-likeness (QED) is 0.677. The minimum absolute atomic E-state index is 0.282. The summed E-state index contributed by atoms with van der Waals surface area (Å²) in [4.78, 5) is 17.9. The van der Waals surface area contributed by atoms with Gasteiger partial charge in [-0.25, -0.2) is 19.9 Å². The first-order valence-corrected chi connectivity index (χ1v) is 7.82. The van der Waals surface area contributed by atoms with Gasteiger partial charge in [0.05, 0.1) is 17.8 Å². The molecule has 0 aliphatic carbocycles. The summed E-state index contributed by atoms with van der Waals surface area (Å²) >= 11 is 0. The first-order chi connectivity index (χ1) is 11.9. The largest absolute Gasteiger partial charge is 0.451 e. The Morgan fingerprint density at radius 1 is 1.08 bits per heavy atom. The van der Waals surface area contributed by atoms with E-state index < -0.39 is 12.0 Å². The van der Waals surface area contributed by atoms with Crippen molar-refractivity contribution in [2.24, 2.45) is 0 Å². The number of halogens is 3. The molecule has 0 unspecified atom stereocenters. The smallest absolute Gasteiger partial charge is 0.350 e. The molecule has 128 valence electrons. The summed E-state index contributed by atoms with van der Waals surface area (Å²) in [5.41, 5.74) is 2.13. The van der Waals surface area contributed by atoms with Crippen LogP contribution in [0.1, 0.15) is 22.9 Å².